The first-order valence-electron chi connectivity index (χ1n) is 8.57. The maximum atomic E-state index is 12.3. The van der Waals surface area contributed by atoms with Gasteiger partial charge in [-0.1, -0.05) is 24.6 Å². The molecule has 144 valence electrons. The molecule has 1 saturated heterocycles. The number of hydrogen-bond acceptors (Lipinski definition) is 8. The van der Waals surface area contributed by atoms with Gasteiger partial charge in [-0.05, 0) is 31.9 Å². The van der Waals surface area contributed by atoms with Crippen LogP contribution in [-0.2, 0) is 9.53 Å². The predicted molar refractivity (Wildman–Crippen MR) is 110 cm³/mol. The number of nitrogens with one attached hydrogen (secondary N) is 2. The first kappa shape index (κ1) is 21.2. The van der Waals surface area contributed by atoms with Crippen molar-refractivity contribution in [3.63, 3.8) is 0 Å². The van der Waals surface area contributed by atoms with E-state index in [1.807, 2.05) is 11.9 Å². The second-order valence-electron chi connectivity index (χ2n) is 5.82. The van der Waals surface area contributed by atoms with Gasteiger partial charge >= 0.3 is 5.97 Å². The molecular weight excluding hydrogens is 382 g/mol. The minimum Gasteiger partial charge on any atom is -0.468 e. The molecular formula is C19H23N3O3S2. The molecule has 0 bridgehead atoms. The lowest BCUT2D eigenvalue weighted by Gasteiger charge is -2.26. The summed E-state index contributed by atoms with van der Waals surface area (Å²) in [6.07, 6.45) is 5.74. The van der Waals surface area contributed by atoms with Crippen LogP contribution in [0.5, 0.6) is 0 Å². The van der Waals surface area contributed by atoms with Crippen molar-refractivity contribution in [1.82, 2.24) is 10.0 Å². The number of rotatable bonds is 4. The molecule has 0 radical (unpaired) electrons. The third-order valence-electron chi connectivity index (χ3n) is 3.92. The molecule has 3 heterocycles. The van der Waals surface area contributed by atoms with Crippen molar-refractivity contribution in [3.8, 4) is 6.07 Å². The number of esters is 1. The number of hydrogen-bond donors (Lipinski definition) is 3. The van der Waals surface area contributed by atoms with Gasteiger partial charge in [-0.25, -0.2) is 4.79 Å². The number of carbonyl (C=O) groups excluding carboxylic acids is 1. The average Bonchev–Trinajstić information content (AvgIpc) is 3.22. The highest BCUT2D eigenvalue weighted by Gasteiger charge is 2.36. The molecule has 6 nitrogen and oxygen atoms in total. The van der Waals surface area contributed by atoms with Crippen LogP contribution in [0.1, 0.15) is 31.4 Å². The minimum absolute atomic E-state index is 0.0970. The van der Waals surface area contributed by atoms with Gasteiger partial charge < -0.3 is 14.5 Å². The Balaban J connectivity index is 0.000000369. The van der Waals surface area contributed by atoms with E-state index in [4.69, 9.17) is 9.15 Å². The molecule has 1 aromatic rings. The fraction of sp³-hybridized carbons (Fsp3) is 0.368. The van der Waals surface area contributed by atoms with E-state index >= 15 is 0 Å². The Labute approximate surface area is 169 Å². The van der Waals surface area contributed by atoms with Crippen molar-refractivity contribution in [2.24, 2.45) is 0 Å². The summed E-state index contributed by atoms with van der Waals surface area (Å²) in [6.45, 7) is 6.54. The lowest BCUT2D eigenvalue weighted by molar-refractivity contribution is -0.138. The zero-order valence-electron chi connectivity index (χ0n) is 15.2. The van der Waals surface area contributed by atoms with Crippen LogP contribution in [0.25, 0.3) is 0 Å². The molecule has 0 spiro atoms. The average molecular weight is 406 g/mol. The summed E-state index contributed by atoms with van der Waals surface area (Å²) in [5, 5.41) is 12.7. The van der Waals surface area contributed by atoms with Gasteiger partial charge in [0.15, 0.2) is 0 Å². The number of carbonyl (C=O) groups is 1. The van der Waals surface area contributed by atoms with Gasteiger partial charge in [0.05, 0.1) is 34.4 Å². The van der Waals surface area contributed by atoms with Gasteiger partial charge in [0, 0.05) is 18.0 Å². The van der Waals surface area contributed by atoms with Crippen molar-refractivity contribution in [2.75, 3.05) is 18.9 Å². The van der Waals surface area contributed by atoms with Crippen LogP contribution in [0, 0.1) is 11.3 Å². The van der Waals surface area contributed by atoms with Crippen LogP contribution in [0.15, 0.2) is 57.3 Å². The second-order valence-corrected chi connectivity index (χ2v) is 7.26. The van der Waals surface area contributed by atoms with Crippen molar-refractivity contribution in [3.05, 3.63) is 58.7 Å². The minimum atomic E-state index is -0.629. The van der Waals surface area contributed by atoms with E-state index in [1.54, 1.807) is 19.1 Å². The smallest absolute Gasteiger partial charge is 0.337 e. The Hall–Kier alpha value is -2.08. The van der Waals surface area contributed by atoms with Crippen LogP contribution >= 0.6 is 24.6 Å². The molecule has 2 aliphatic rings. The summed E-state index contributed by atoms with van der Waals surface area (Å²) in [4.78, 5) is 12.3. The molecule has 0 saturated carbocycles. The largest absolute Gasteiger partial charge is 0.468 e. The molecule has 27 heavy (non-hydrogen) atoms. The predicted octanol–water partition coefficient (Wildman–Crippen LogP) is 3.65. The summed E-state index contributed by atoms with van der Waals surface area (Å²) in [5.74, 6) is 0.649. The molecule has 1 atom stereocenters. The molecule has 2 N–H and O–H groups in total. The maximum absolute atomic E-state index is 12.3. The number of dihydropyridines is 1. The monoisotopic (exact) mass is 405 g/mol. The Kier molecular flexibility index (Phi) is 8.58. The third kappa shape index (κ3) is 5.70. The second kappa shape index (κ2) is 10.9. The lowest BCUT2D eigenvalue weighted by atomic mass is 9.86. The highest BCUT2D eigenvalue weighted by molar-refractivity contribution is 7.97. The number of thiol groups is 1. The van der Waals surface area contributed by atoms with Gasteiger partial charge in [-0.2, -0.15) is 5.26 Å². The van der Waals surface area contributed by atoms with Gasteiger partial charge in [0.25, 0.3) is 0 Å². The molecule has 1 unspecified atom stereocenters. The van der Waals surface area contributed by atoms with Crippen LogP contribution in [0.3, 0.4) is 0 Å². The number of furan rings is 1. The number of allylic oxidation sites excluding steroid dienone is 2. The van der Waals surface area contributed by atoms with Crippen molar-refractivity contribution < 1.29 is 13.9 Å². The molecule has 0 aliphatic carbocycles. The third-order valence-corrected chi connectivity index (χ3v) is 5.17. The van der Waals surface area contributed by atoms with Crippen molar-refractivity contribution in [1.29, 1.82) is 5.26 Å². The van der Waals surface area contributed by atoms with Crippen molar-refractivity contribution in [2.45, 2.75) is 25.7 Å². The summed E-state index contributed by atoms with van der Waals surface area (Å²) in [5.41, 5.74) is 1.22. The van der Waals surface area contributed by atoms with E-state index < -0.39 is 11.9 Å². The Morgan fingerprint density at radius 1 is 1.59 bits per heavy atom. The molecule has 1 aromatic heterocycles. The molecule has 8 heteroatoms. The Bertz CT molecular complexity index is 748. The van der Waals surface area contributed by atoms with Crippen LogP contribution in [0.2, 0.25) is 0 Å². The van der Waals surface area contributed by atoms with Crippen LogP contribution in [-0.4, -0.2) is 24.9 Å². The van der Waals surface area contributed by atoms with Crippen molar-refractivity contribution >= 4 is 30.5 Å². The SMILES string of the molecule is C1CCSNC1.C=CCOC(=O)C1=C(C)NC(S)=C(C#N)C1c1ccco1. The zero-order chi connectivity index (χ0) is 19.6. The highest BCUT2D eigenvalue weighted by Crippen LogP contribution is 2.39. The Morgan fingerprint density at radius 2 is 2.41 bits per heavy atom. The van der Waals surface area contributed by atoms with E-state index in [9.17, 15) is 10.1 Å². The normalized spacial score (nSPS) is 19.4. The topological polar surface area (TPSA) is 87.3 Å². The molecule has 2 aliphatic heterocycles. The van der Waals surface area contributed by atoms with E-state index in [0.29, 0.717) is 27.6 Å². The van der Waals surface area contributed by atoms with Gasteiger partial charge in [-0.15, -0.1) is 12.6 Å². The lowest BCUT2D eigenvalue weighted by Crippen LogP contribution is -2.28. The van der Waals surface area contributed by atoms with Crippen LogP contribution < -0.4 is 10.0 Å². The summed E-state index contributed by atoms with van der Waals surface area (Å²) < 4.78 is 13.7. The Morgan fingerprint density at radius 3 is 2.89 bits per heavy atom. The number of nitriles is 1. The standard InChI is InChI=1S/C15H14N2O3S.C4H9NS/c1-3-6-20-15(18)12-9(2)17-14(21)10(8-16)13(12)11-5-4-7-19-11;1-2-4-6-5-3-1/h3-5,7,13,17,21H,1,6H2,2H3;5H,1-4H2. The van der Waals surface area contributed by atoms with E-state index in [2.05, 4.69) is 35.3 Å². The fourth-order valence-electron chi connectivity index (χ4n) is 2.67. The number of nitrogens with zero attached hydrogens (tertiary/aromatic N) is 1. The van der Waals surface area contributed by atoms with Gasteiger partial charge in [0.1, 0.15) is 12.4 Å². The fourth-order valence-corrected chi connectivity index (χ4v) is 3.79. The number of ether oxygens (including phenoxy) is 1. The summed E-state index contributed by atoms with van der Waals surface area (Å²) >= 11 is 6.11. The van der Waals surface area contributed by atoms with E-state index in [1.165, 1.54) is 37.5 Å². The molecule has 3 rings (SSSR count). The maximum Gasteiger partial charge on any atom is 0.337 e. The van der Waals surface area contributed by atoms with E-state index in [-0.39, 0.29) is 6.61 Å². The molecule has 1 fully saturated rings. The summed E-state index contributed by atoms with van der Waals surface area (Å²) in [7, 11) is 0. The first-order valence-corrected chi connectivity index (χ1v) is 10.0. The van der Waals surface area contributed by atoms with Gasteiger partial charge in [0.2, 0.25) is 0 Å². The first-order chi connectivity index (χ1) is 13.1. The quantitative estimate of drug-likeness (QED) is 0.305. The molecule has 0 amide bonds. The summed E-state index contributed by atoms with van der Waals surface area (Å²) in [6, 6.07) is 5.48. The molecule has 0 aromatic carbocycles. The van der Waals surface area contributed by atoms with Gasteiger partial charge in [-0.3, -0.25) is 4.72 Å². The zero-order valence-corrected chi connectivity index (χ0v) is 16.9. The van der Waals surface area contributed by atoms with E-state index in [0.717, 1.165) is 0 Å². The highest BCUT2D eigenvalue weighted by atomic mass is 32.2. The van der Waals surface area contributed by atoms with Crippen LogP contribution in [0.4, 0.5) is 0 Å².